The summed E-state index contributed by atoms with van der Waals surface area (Å²) < 4.78 is 0. The number of fused-ring (bicyclic) bond motifs is 1. The fourth-order valence-corrected chi connectivity index (χ4v) is 5.13. The van der Waals surface area contributed by atoms with E-state index in [1.807, 2.05) is 12.1 Å². The number of carbonyl (C=O) groups is 1. The highest BCUT2D eigenvalue weighted by atomic mass is 16.2. The molecular weight excluding hydrogens is 374 g/mol. The first kappa shape index (κ1) is 20.9. The Morgan fingerprint density at radius 2 is 2.07 bits per heavy atom. The van der Waals surface area contributed by atoms with Crippen molar-refractivity contribution >= 4 is 23.0 Å². The van der Waals surface area contributed by atoms with Gasteiger partial charge in [-0.1, -0.05) is 25.1 Å². The zero-order chi connectivity index (χ0) is 21.1. The molecular formula is C24H33N5O. The Morgan fingerprint density at radius 1 is 1.27 bits per heavy atom. The van der Waals surface area contributed by atoms with Crippen molar-refractivity contribution < 1.29 is 4.79 Å². The Hall–Kier alpha value is -2.31. The van der Waals surface area contributed by atoms with Crippen LogP contribution in [0.5, 0.6) is 0 Å². The molecule has 2 aliphatic heterocycles. The minimum absolute atomic E-state index is 0.156. The average molecular weight is 408 g/mol. The second-order valence-electron chi connectivity index (χ2n) is 9.16. The molecule has 1 aromatic carbocycles. The summed E-state index contributed by atoms with van der Waals surface area (Å²) in [5, 5.41) is 12.1. The number of rotatable bonds is 5. The number of nitrogens with one attached hydrogen (secondary N) is 2. The van der Waals surface area contributed by atoms with Gasteiger partial charge in [-0.25, -0.2) is 0 Å². The molecule has 4 rings (SSSR count). The van der Waals surface area contributed by atoms with Crippen LogP contribution in [0.3, 0.4) is 0 Å². The van der Waals surface area contributed by atoms with Crippen molar-refractivity contribution in [1.82, 2.24) is 20.1 Å². The number of hydrogen-bond donors (Lipinski definition) is 2. The van der Waals surface area contributed by atoms with E-state index >= 15 is 0 Å². The summed E-state index contributed by atoms with van der Waals surface area (Å²) in [5.74, 6) is 1.06. The van der Waals surface area contributed by atoms with Gasteiger partial charge in [0, 0.05) is 42.5 Å². The summed E-state index contributed by atoms with van der Waals surface area (Å²) in [4.78, 5) is 21.9. The van der Waals surface area contributed by atoms with Gasteiger partial charge in [-0.05, 0) is 62.9 Å². The summed E-state index contributed by atoms with van der Waals surface area (Å²) in [5.41, 5.74) is 3.04. The van der Waals surface area contributed by atoms with Gasteiger partial charge >= 0.3 is 0 Å². The van der Waals surface area contributed by atoms with Crippen LogP contribution in [-0.2, 0) is 4.79 Å². The quantitative estimate of drug-likeness (QED) is 0.748. The molecule has 2 aromatic rings. The minimum Gasteiger partial charge on any atom is -0.352 e. The highest BCUT2D eigenvalue weighted by molar-refractivity contribution is 5.98. The highest BCUT2D eigenvalue weighted by Gasteiger charge is 2.29. The lowest BCUT2D eigenvalue weighted by Gasteiger charge is -2.37. The first-order valence-electron chi connectivity index (χ1n) is 11.1. The van der Waals surface area contributed by atoms with E-state index < -0.39 is 0 Å². The molecule has 160 valence electrons. The number of nitrogens with zero attached hydrogens (tertiary/aromatic N) is 3. The normalized spacial score (nSPS) is 24.1. The van der Waals surface area contributed by atoms with Crippen LogP contribution in [0.1, 0.15) is 43.2 Å². The van der Waals surface area contributed by atoms with Crippen LogP contribution < -0.4 is 5.32 Å². The Labute approximate surface area is 179 Å². The maximum absolute atomic E-state index is 12.7. The molecule has 2 fully saturated rings. The molecule has 0 unspecified atom stereocenters. The third-order valence-corrected chi connectivity index (χ3v) is 6.62. The fourth-order valence-electron chi connectivity index (χ4n) is 5.13. The zero-order valence-electron chi connectivity index (χ0n) is 18.1. The second kappa shape index (κ2) is 9.23. The maximum atomic E-state index is 12.7. The van der Waals surface area contributed by atoms with E-state index in [2.05, 4.69) is 46.2 Å². The van der Waals surface area contributed by atoms with Gasteiger partial charge in [-0.3, -0.25) is 14.7 Å². The summed E-state index contributed by atoms with van der Waals surface area (Å²) >= 11 is 0. The largest absolute Gasteiger partial charge is 0.352 e. The fraction of sp³-hybridized carbons (Fsp3) is 0.542. The standard InChI is InChI=1S/C24H33N5O/c1-17-12-19(21-6-5-18(13-25)24-22(21)4-3-9-26-24)15-29(14-17)16-23(30)27-20-7-10-28(2)11-8-20/h3-6,9,13,17,19-20,25H,7-8,10-12,14-16H2,1-2H3,(H,27,30)/t17-,19+/m1/s1. The third-order valence-electron chi connectivity index (χ3n) is 6.62. The maximum Gasteiger partial charge on any atom is 0.234 e. The molecule has 0 radical (unpaired) electrons. The zero-order valence-corrected chi connectivity index (χ0v) is 18.1. The van der Waals surface area contributed by atoms with Crippen molar-refractivity contribution in [3.05, 3.63) is 41.6 Å². The molecule has 2 N–H and O–H groups in total. The van der Waals surface area contributed by atoms with Crippen LogP contribution in [0.15, 0.2) is 30.5 Å². The first-order chi connectivity index (χ1) is 14.5. The summed E-state index contributed by atoms with van der Waals surface area (Å²) in [6.45, 7) is 6.72. The van der Waals surface area contributed by atoms with E-state index in [-0.39, 0.29) is 5.91 Å². The number of aromatic nitrogens is 1. The summed E-state index contributed by atoms with van der Waals surface area (Å²) in [7, 11) is 2.14. The van der Waals surface area contributed by atoms with Crippen molar-refractivity contribution in [2.75, 3.05) is 39.8 Å². The van der Waals surface area contributed by atoms with Crippen LogP contribution in [0.25, 0.3) is 10.9 Å². The van der Waals surface area contributed by atoms with E-state index in [1.54, 1.807) is 6.20 Å². The SMILES string of the molecule is C[C@@H]1C[C@H](c2ccc(C=N)c3ncccc23)CN(CC(=O)NC2CCN(C)CC2)C1. The van der Waals surface area contributed by atoms with Gasteiger partial charge in [0.05, 0.1) is 12.1 Å². The van der Waals surface area contributed by atoms with E-state index in [0.717, 1.165) is 61.9 Å². The van der Waals surface area contributed by atoms with Gasteiger partial charge in [0.1, 0.15) is 0 Å². The number of amides is 1. The number of piperidine rings is 2. The molecule has 3 heterocycles. The van der Waals surface area contributed by atoms with E-state index in [0.29, 0.717) is 24.4 Å². The Morgan fingerprint density at radius 3 is 2.83 bits per heavy atom. The molecule has 6 nitrogen and oxygen atoms in total. The molecule has 2 saturated heterocycles. The van der Waals surface area contributed by atoms with E-state index in [9.17, 15) is 4.79 Å². The lowest BCUT2D eigenvalue weighted by Crippen LogP contribution is -2.49. The highest BCUT2D eigenvalue weighted by Crippen LogP contribution is 2.34. The van der Waals surface area contributed by atoms with Crippen molar-refractivity contribution in [2.45, 2.75) is 38.1 Å². The van der Waals surface area contributed by atoms with Crippen molar-refractivity contribution in [1.29, 1.82) is 5.41 Å². The predicted molar refractivity (Wildman–Crippen MR) is 121 cm³/mol. The lowest BCUT2D eigenvalue weighted by atomic mass is 9.83. The smallest absolute Gasteiger partial charge is 0.234 e. The second-order valence-corrected chi connectivity index (χ2v) is 9.16. The van der Waals surface area contributed by atoms with E-state index in [4.69, 9.17) is 5.41 Å². The van der Waals surface area contributed by atoms with Gasteiger partial charge in [0.15, 0.2) is 0 Å². The third kappa shape index (κ3) is 4.71. The van der Waals surface area contributed by atoms with Gasteiger partial charge in [-0.15, -0.1) is 0 Å². The molecule has 1 amide bonds. The van der Waals surface area contributed by atoms with Gasteiger partial charge in [0.25, 0.3) is 0 Å². The molecule has 2 atom stereocenters. The van der Waals surface area contributed by atoms with E-state index in [1.165, 1.54) is 11.8 Å². The van der Waals surface area contributed by atoms with Gasteiger partial charge in [0.2, 0.25) is 5.91 Å². The monoisotopic (exact) mass is 407 g/mol. The molecule has 1 aromatic heterocycles. The van der Waals surface area contributed by atoms with Crippen LogP contribution in [0.4, 0.5) is 0 Å². The molecule has 2 aliphatic rings. The number of hydrogen-bond acceptors (Lipinski definition) is 5. The van der Waals surface area contributed by atoms with Crippen molar-refractivity contribution in [3.63, 3.8) is 0 Å². The molecule has 30 heavy (non-hydrogen) atoms. The Balaban J connectivity index is 1.46. The molecule has 0 saturated carbocycles. The predicted octanol–water partition coefficient (Wildman–Crippen LogP) is 2.87. The summed E-state index contributed by atoms with van der Waals surface area (Å²) in [6, 6.07) is 8.56. The number of benzene rings is 1. The number of likely N-dealkylation sites (tertiary alicyclic amines) is 2. The molecule has 6 heteroatoms. The molecule has 0 bridgehead atoms. The van der Waals surface area contributed by atoms with Crippen LogP contribution in [-0.4, -0.2) is 72.7 Å². The van der Waals surface area contributed by atoms with Crippen LogP contribution in [0.2, 0.25) is 0 Å². The topological polar surface area (TPSA) is 72.3 Å². The average Bonchev–Trinajstić information content (AvgIpc) is 2.74. The molecule has 0 spiro atoms. The minimum atomic E-state index is 0.156. The van der Waals surface area contributed by atoms with Crippen molar-refractivity contribution in [2.24, 2.45) is 5.92 Å². The number of pyridine rings is 1. The Kier molecular flexibility index (Phi) is 6.44. The van der Waals surface area contributed by atoms with Gasteiger partial charge < -0.3 is 15.6 Å². The Bertz CT molecular complexity index is 906. The number of carbonyl (C=O) groups excluding carboxylic acids is 1. The summed E-state index contributed by atoms with van der Waals surface area (Å²) in [6.07, 6.45) is 6.37. The van der Waals surface area contributed by atoms with Crippen LogP contribution in [0, 0.1) is 11.3 Å². The van der Waals surface area contributed by atoms with Crippen molar-refractivity contribution in [3.8, 4) is 0 Å². The van der Waals surface area contributed by atoms with Crippen LogP contribution >= 0.6 is 0 Å². The van der Waals surface area contributed by atoms with Gasteiger partial charge in [-0.2, -0.15) is 0 Å². The first-order valence-corrected chi connectivity index (χ1v) is 11.1. The molecule has 0 aliphatic carbocycles. The lowest BCUT2D eigenvalue weighted by molar-refractivity contribution is -0.123.